The van der Waals surface area contributed by atoms with Gasteiger partial charge in [0.05, 0.1) is 0 Å². The summed E-state index contributed by atoms with van der Waals surface area (Å²) in [5.74, 6) is -0.282. The number of hydrogen-bond donors (Lipinski definition) is 2. The van der Waals surface area contributed by atoms with Gasteiger partial charge in [-0.2, -0.15) is 0 Å². The Hall–Kier alpha value is -1.84. The number of carbonyl (C=O) groups is 2. The predicted octanol–water partition coefficient (Wildman–Crippen LogP) is 2.74. The van der Waals surface area contributed by atoms with Gasteiger partial charge in [0.25, 0.3) is 11.8 Å². The molecule has 1 rings (SSSR count). The summed E-state index contributed by atoms with van der Waals surface area (Å²) in [6.45, 7) is 7.94. The Morgan fingerprint density at radius 2 is 1.35 bits per heavy atom. The number of hydrogen-bond acceptors (Lipinski definition) is 2. The van der Waals surface area contributed by atoms with Crippen molar-refractivity contribution in [1.29, 1.82) is 0 Å². The van der Waals surface area contributed by atoms with Gasteiger partial charge in [0.1, 0.15) is 0 Å². The quantitative estimate of drug-likeness (QED) is 0.839. The van der Waals surface area contributed by atoms with Crippen molar-refractivity contribution in [2.75, 3.05) is 0 Å². The number of benzene rings is 1. The topological polar surface area (TPSA) is 58.2 Å². The van der Waals surface area contributed by atoms with Crippen LogP contribution in [-0.2, 0) is 0 Å². The Bertz CT molecular complexity index is 432. The van der Waals surface area contributed by atoms with E-state index in [2.05, 4.69) is 10.6 Å². The van der Waals surface area contributed by atoms with E-state index in [1.807, 2.05) is 27.7 Å². The molecule has 1 aromatic carbocycles. The molecule has 0 aliphatic carbocycles. The van der Waals surface area contributed by atoms with Crippen LogP contribution in [0, 0.1) is 0 Å². The van der Waals surface area contributed by atoms with E-state index in [0.717, 1.165) is 12.8 Å². The van der Waals surface area contributed by atoms with E-state index in [1.54, 1.807) is 24.3 Å². The fourth-order valence-electron chi connectivity index (χ4n) is 1.62. The predicted molar refractivity (Wildman–Crippen MR) is 80.9 cm³/mol. The first kappa shape index (κ1) is 16.2. The van der Waals surface area contributed by atoms with Crippen molar-refractivity contribution in [3.05, 3.63) is 35.4 Å². The highest BCUT2D eigenvalue weighted by atomic mass is 16.2. The monoisotopic (exact) mass is 276 g/mol. The van der Waals surface area contributed by atoms with Gasteiger partial charge in [-0.15, -0.1) is 0 Å². The van der Waals surface area contributed by atoms with Gasteiger partial charge in [-0.1, -0.05) is 19.9 Å². The molecule has 2 N–H and O–H groups in total. The van der Waals surface area contributed by atoms with Gasteiger partial charge in [0, 0.05) is 23.2 Å². The van der Waals surface area contributed by atoms with Gasteiger partial charge >= 0.3 is 0 Å². The van der Waals surface area contributed by atoms with Crippen LogP contribution < -0.4 is 10.6 Å². The molecule has 0 saturated heterocycles. The number of rotatable bonds is 6. The maximum absolute atomic E-state index is 12.0. The van der Waals surface area contributed by atoms with Crippen LogP contribution >= 0.6 is 0 Å². The Morgan fingerprint density at radius 3 is 1.70 bits per heavy atom. The molecule has 0 aliphatic heterocycles. The molecular formula is C16H24N2O2. The fourth-order valence-corrected chi connectivity index (χ4v) is 1.62. The molecule has 0 saturated carbocycles. The summed E-state index contributed by atoms with van der Waals surface area (Å²) >= 11 is 0. The van der Waals surface area contributed by atoms with Gasteiger partial charge in [0.15, 0.2) is 0 Å². The molecule has 0 fully saturated rings. The van der Waals surface area contributed by atoms with E-state index in [4.69, 9.17) is 0 Å². The zero-order valence-corrected chi connectivity index (χ0v) is 12.7. The Morgan fingerprint density at radius 1 is 0.950 bits per heavy atom. The van der Waals surface area contributed by atoms with Gasteiger partial charge in [-0.05, 0) is 44.9 Å². The van der Waals surface area contributed by atoms with E-state index in [9.17, 15) is 9.59 Å². The largest absolute Gasteiger partial charge is 0.350 e. The molecule has 2 unspecified atom stereocenters. The summed E-state index contributed by atoms with van der Waals surface area (Å²) in [5.41, 5.74) is 1.03. The van der Waals surface area contributed by atoms with Crippen LogP contribution in [0.15, 0.2) is 24.3 Å². The van der Waals surface area contributed by atoms with Crippen LogP contribution in [0.5, 0.6) is 0 Å². The SMILES string of the molecule is CCC(C)NC(=O)c1cccc(C(=O)NC(C)CC)c1. The highest BCUT2D eigenvalue weighted by Crippen LogP contribution is 2.07. The standard InChI is InChI=1S/C16H24N2O2/c1-5-11(3)17-15(19)13-8-7-9-14(10-13)16(20)18-12(4)6-2/h7-12H,5-6H2,1-4H3,(H,17,19)(H,18,20). The lowest BCUT2D eigenvalue weighted by Crippen LogP contribution is -2.33. The van der Waals surface area contributed by atoms with Crippen LogP contribution in [0.2, 0.25) is 0 Å². The van der Waals surface area contributed by atoms with Crippen molar-refractivity contribution in [1.82, 2.24) is 10.6 Å². The van der Waals surface area contributed by atoms with Gasteiger partial charge in [-0.25, -0.2) is 0 Å². The highest BCUT2D eigenvalue weighted by molar-refractivity contribution is 5.99. The maximum atomic E-state index is 12.0. The first-order chi connectivity index (χ1) is 9.47. The smallest absolute Gasteiger partial charge is 0.251 e. The zero-order chi connectivity index (χ0) is 15.1. The zero-order valence-electron chi connectivity index (χ0n) is 12.7. The molecule has 110 valence electrons. The fraction of sp³-hybridized carbons (Fsp3) is 0.500. The highest BCUT2D eigenvalue weighted by Gasteiger charge is 2.12. The number of nitrogens with one attached hydrogen (secondary N) is 2. The summed E-state index contributed by atoms with van der Waals surface area (Å²) in [4.78, 5) is 24.0. The molecule has 0 heterocycles. The molecule has 0 bridgehead atoms. The second-order valence-corrected chi connectivity index (χ2v) is 5.15. The molecule has 0 radical (unpaired) electrons. The lowest BCUT2D eigenvalue weighted by atomic mass is 10.1. The van der Waals surface area contributed by atoms with Crippen LogP contribution in [0.1, 0.15) is 61.3 Å². The van der Waals surface area contributed by atoms with Crippen molar-refractivity contribution >= 4 is 11.8 Å². The van der Waals surface area contributed by atoms with Crippen LogP contribution in [0.25, 0.3) is 0 Å². The second kappa shape index (κ2) is 7.68. The van der Waals surface area contributed by atoms with Crippen LogP contribution in [-0.4, -0.2) is 23.9 Å². The molecule has 2 atom stereocenters. The van der Waals surface area contributed by atoms with E-state index >= 15 is 0 Å². The molecule has 20 heavy (non-hydrogen) atoms. The minimum atomic E-state index is -0.141. The minimum Gasteiger partial charge on any atom is -0.350 e. The van der Waals surface area contributed by atoms with Crippen molar-refractivity contribution in [2.45, 2.75) is 52.6 Å². The summed E-state index contributed by atoms with van der Waals surface area (Å²) < 4.78 is 0. The normalized spacial score (nSPS) is 13.4. The van der Waals surface area contributed by atoms with Gasteiger partial charge in [-0.3, -0.25) is 9.59 Å². The van der Waals surface area contributed by atoms with Crippen molar-refractivity contribution < 1.29 is 9.59 Å². The first-order valence-corrected chi connectivity index (χ1v) is 7.19. The molecular weight excluding hydrogens is 252 g/mol. The minimum absolute atomic E-state index is 0.125. The molecule has 4 nitrogen and oxygen atoms in total. The molecule has 0 aromatic heterocycles. The second-order valence-electron chi connectivity index (χ2n) is 5.15. The third kappa shape index (κ3) is 4.68. The average Bonchev–Trinajstić information content (AvgIpc) is 2.46. The van der Waals surface area contributed by atoms with E-state index in [0.29, 0.717) is 11.1 Å². The van der Waals surface area contributed by atoms with E-state index in [1.165, 1.54) is 0 Å². The summed E-state index contributed by atoms with van der Waals surface area (Å²) in [5, 5.41) is 5.79. The average molecular weight is 276 g/mol. The molecule has 0 aliphatic rings. The number of carbonyl (C=O) groups excluding carboxylic acids is 2. The van der Waals surface area contributed by atoms with Gasteiger partial charge < -0.3 is 10.6 Å². The van der Waals surface area contributed by atoms with Crippen LogP contribution in [0.4, 0.5) is 0 Å². The first-order valence-electron chi connectivity index (χ1n) is 7.19. The Balaban J connectivity index is 2.80. The van der Waals surface area contributed by atoms with Crippen molar-refractivity contribution in [2.24, 2.45) is 0 Å². The lowest BCUT2D eigenvalue weighted by molar-refractivity contribution is 0.0938. The Kier molecular flexibility index (Phi) is 6.22. The summed E-state index contributed by atoms with van der Waals surface area (Å²) in [7, 11) is 0. The summed E-state index contributed by atoms with van der Waals surface area (Å²) in [6, 6.07) is 7.06. The summed E-state index contributed by atoms with van der Waals surface area (Å²) in [6.07, 6.45) is 1.75. The molecule has 2 amide bonds. The molecule has 1 aromatic rings. The van der Waals surface area contributed by atoms with Crippen molar-refractivity contribution in [3.63, 3.8) is 0 Å². The Labute approximate surface area is 121 Å². The molecule has 0 spiro atoms. The molecule has 4 heteroatoms. The van der Waals surface area contributed by atoms with E-state index < -0.39 is 0 Å². The third-order valence-electron chi connectivity index (χ3n) is 3.37. The van der Waals surface area contributed by atoms with Crippen LogP contribution in [0.3, 0.4) is 0 Å². The van der Waals surface area contributed by atoms with Crippen molar-refractivity contribution in [3.8, 4) is 0 Å². The maximum Gasteiger partial charge on any atom is 0.251 e. The lowest BCUT2D eigenvalue weighted by Gasteiger charge is -2.13. The van der Waals surface area contributed by atoms with E-state index in [-0.39, 0.29) is 23.9 Å². The third-order valence-corrected chi connectivity index (χ3v) is 3.37. The van der Waals surface area contributed by atoms with Gasteiger partial charge in [0.2, 0.25) is 0 Å². The number of amides is 2.